The van der Waals surface area contributed by atoms with Crippen LogP contribution in [0.25, 0.3) is 5.69 Å². The molecule has 0 amide bonds. The molecule has 0 atom stereocenters. The predicted molar refractivity (Wildman–Crippen MR) is 73.5 cm³/mol. The second-order valence-electron chi connectivity index (χ2n) is 4.48. The maximum absolute atomic E-state index is 13.2. The first-order chi connectivity index (χ1) is 10.1. The van der Waals surface area contributed by atoms with Gasteiger partial charge in [0.2, 0.25) is 5.95 Å². The molecule has 0 fully saturated rings. The van der Waals surface area contributed by atoms with Gasteiger partial charge in [-0.05, 0) is 36.8 Å². The highest BCUT2D eigenvalue weighted by atomic mass is 19.1. The summed E-state index contributed by atoms with van der Waals surface area (Å²) in [4.78, 5) is 8.16. The monoisotopic (exact) mass is 287 g/mol. The molecule has 0 aliphatic carbocycles. The van der Waals surface area contributed by atoms with E-state index in [4.69, 9.17) is 0 Å². The number of hydrogen-bond donors (Lipinski definition) is 1. The van der Waals surface area contributed by atoms with Crippen LogP contribution in [-0.4, -0.2) is 19.7 Å². The van der Waals surface area contributed by atoms with Gasteiger partial charge in [0.05, 0.1) is 5.69 Å². The van der Waals surface area contributed by atoms with Gasteiger partial charge in [-0.25, -0.2) is 18.4 Å². The minimum Gasteiger partial charge on any atom is -0.307 e. The van der Waals surface area contributed by atoms with Crippen LogP contribution < -0.4 is 5.32 Å². The molecule has 1 aromatic carbocycles. The number of nitrogens with one attached hydrogen (secondary N) is 1. The van der Waals surface area contributed by atoms with Crippen LogP contribution in [0.15, 0.2) is 42.9 Å². The van der Waals surface area contributed by atoms with Gasteiger partial charge in [-0.2, -0.15) is 4.98 Å². The van der Waals surface area contributed by atoms with E-state index >= 15 is 0 Å². The molecule has 0 spiro atoms. The Kier molecular flexibility index (Phi) is 3.31. The third kappa shape index (κ3) is 3.02. The van der Waals surface area contributed by atoms with Gasteiger partial charge in [0.1, 0.15) is 23.8 Å². The van der Waals surface area contributed by atoms with Crippen molar-refractivity contribution >= 4 is 11.8 Å². The Morgan fingerprint density at radius 1 is 1.05 bits per heavy atom. The molecule has 0 bridgehead atoms. The van der Waals surface area contributed by atoms with E-state index < -0.39 is 11.6 Å². The average molecular weight is 287 g/mol. The Labute approximate surface area is 119 Å². The zero-order valence-electron chi connectivity index (χ0n) is 11.1. The topological polar surface area (TPSA) is 55.6 Å². The fourth-order valence-electron chi connectivity index (χ4n) is 1.84. The molecule has 106 valence electrons. The van der Waals surface area contributed by atoms with E-state index in [1.54, 1.807) is 6.20 Å². The lowest BCUT2D eigenvalue weighted by atomic mass is 10.3. The van der Waals surface area contributed by atoms with Crippen molar-refractivity contribution in [1.82, 2.24) is 19.7 Å². The molecule has 21 heavy (non-hydrogen) atoms. The first kappa shape index (κ1) is 13.2. The van der Waals surface area contributed by atoms with E-state index in [0.717, 1.165) is 11.6 Å². The van der Waals surface area contributed by atoms with Gasteiger partial charge in [0.15, 0.2) is 0 Å². The van der Waals surface area contributed by atoms with Crippen molar-refractivity contribution in [2.75, 3.05) is 5.32 Å². The maximum atomic E-state index is 13.2. The van der Waals surface area contributed by atoms with Crippen molar-refractivity contribution in [3.63, 3.8) is 0 Å². The number of benzene rings is 1. The molecule has 7 heteroatoms. The van der Waals surface area contributed by atoms with Gasteiger partial charge < -0.3 is 5.32 Å². The van der Waals surface area contributed by atoms with Gasteiger partial charge in [-0.3, -0.25) is 0 Å². The van der Waals surface area contributed by atoms with Crippen LogP contribution in [0.2, 0.25) is 0 Å². The molecule has 0 aliphatic rings. The fraction of sp³-hybridized carbons (Fsp3) is 0.0714. The number of pyridine rings is 1. The van der Waals surface area contributed by atoms with Crippen LogP contribution >= 0.6 is 0 Å². The third-order valence-electron chi connectivity index (χ3n) is 2.76. The van der Waals surface area contributed by atoms with Crippen molar-refractivity contribution in [1.29, 1.82) is 0 Å². The molecule has 1 N–H and O–H groups in total. The molecule has 0 unspecified atom stereocenters. The lowest BCUT2D eigenvalue weighted by Crippen LogP contribution is -1.99. The lowest BCUT2D eigenvalue weighted by molar-refractivity contribution is 0.580. The van der Waals surface area contributed by atoms with Crippen LogP contribution in [0.1, 0.15) is 5.56 Å². The van der Waals surface area contributed by atoms with Crippen LogP contribution in [0.3, 0.4) is 0 Å². The smallest absolute Gasteiger partial charge is 0.248 e. The molecule has 2 heterocycles. The fourth-order valence-corrected chi connectivity index (χ4v) is 1.84. The molecule has 2 aromatic heterocycles. The molecule has 0 saturated carbocycles. The highest BCUT2D eigenvalue weighted by Gasteiger charge is 2.07. The number of rotatable bonds is 3. The first-order valence-electron chi connectivity index (χ1n) is 6.18. The number of anilines is 2. The van der Waals surface area contributed by atoms with Crippen molar-refractivity contribution in [2.24, 2.45) is 0 Å². The zero-order chi connectivity index (χ0) is 14.8. The van der Waals surface area contributed by atoms with Crippen LogP contribution in [0.5, 0.6) is 0 Å². The normalized spacial score (nSPS) is 10.6. The maximum Gasteiger partial charge on any atom is 0.248 e. The van der Waals surface area contributed by atoms with E-state index in [1.165, 1.54) is 23.1 Å². The number of aryl methyl sites for hydroxylation is 1. The summed E-state index contributed by atoms with van der Waals surface area (Å²) in [5, 5.41) is 7.03. The summed E-state index contributed by atoms with van der Waals surface area (Å²) in [6.07, 6.45) is 3.03. The van der Waals surface area contributed by atoms with E-state index in [2.05, 4.69) is 20.4 Å². The second kappa shape index (κ2) is 5.28. The third-order valence-corrected chi connectivity index (χ3v) is 2.76. The Balaban J connectivity index is 1.86. The summed E-state index contributed by atoms with van der Waals surface area (Å²) >= 11 is 0. The molecule has 0 radical (unpaired) electrons. The number of nitrogens with zero attached hydrogens (tertiary/aromatic N) is 4. The second-order valence-corrected chi connectivity index (χ2v) is 4.48. The summed E-state index contributed by atoms with van der Waals surface area (Å²) in [7, 11) is 0. The van der Waals surface area contributed by atoms with Gasteiger partial charge in [0, 0.05) is 12.3 Å². The highest BCUT2D eigenvalue weighted by molar-refractivity contribution is 5.48. The van der Waals surface area contributed by atoms with E-state index in [1.807, 2.05) is 19.1 Å². The predicted octanol–water partition coefficient (Wildman–Crippen LogP) is 2.99. The summed E-state index contributed by atoms with van der Waals surface area (Å²) < 4.78 is 27.7. The van der Waals surface area contributed by atoms with Gasteiger partial charge in [0.25, 0.3) is 0 Å². The number of halogens is 2. The molecule has 3 aromatic rings. The number of aromatic nitrogens is 4. The Morgan fingerprint density at radius 2 is 1.81 bits per heavy atom. The highest BCUT2D eigenvalue weighted by Crippen LogP contribution is 2.15. The largest absolute Gasteiger partial charge is 0.307 e. The Hall–Kier alpha value is -2.83. The molecule has 0 aliphatic heterocycles. The summed E-state index contributed by atoms with van der Waals surface area (Å²) in [6.45, 7) is 1.94. The van der Waals surface area contributed by atoms with Gasteiger partial charge >= 0.3 is 0 Å². The molecule has 3 rings (SSSR count). The van der Waals surface area contributed by atoms with Crippen molar-refractivity contribution in [2.45, 2.75) is 6.92 Å². The van der Waals surface area contributed by atoms with Crippen LogP contribution in [0, 0.1) is 18.6 Å². The Bertz CT molecular complexity index is 764. The van der Waals surface area contributed by atoms with E-state index in [0.29, 0.717) is 5.82 Å². The summed E-state index contributed by atoms with van der Waals surface area (Å²) in [6, 6.07) is 6.85. The lowest BCUT2D eigenvalue weighted by Gasteiger charge is -2.02. The molecular weight excluding hydrogens is 276 g/mol. The molecule has 5 nitrogen and oxygen atoms in total. The molecular formula is C14H11F2N5. The van der Waals surface area contributed by atoms with Gasteiger partial charge in [-0.1, -0.05) is 0 Å². The van der Waals surface area contributed by atoms with E-state index in [9.17, 15) is 8.78 Å². The van der Waals surface area contributed by atoms with Crippen molar-refractivity contribution in [3.05, 3.63) is 60.1 Å². The quantitative estimate of drug-likeness (QED) is 0.804. The SMILES string of the molecule is Cc1ccnc(Nc2ncn(-c3cc(F)cc(F)c3)n2)c1. The zero-order valence-corrected chi connectivity index (χ0v) is 11.1. The minimum atomic E-state index is -0.671. The van der Waals surface area contributed by atoms with Crippen LogP contribution in [0.4, 0.5) is 20.5 Å². The van der Waals surface area contributed by atoms with E-state index in [-0.39, 0.29) is 11.6 Å². The summed E-state index contributed by atoms with van der Waals surface area (Å²) in [5.74, 6) is -0.457. The number of hydrogen-bond acceptors (Lipinski definition) is 4. The molecule has 0 saturated heterocycles. The standard InChI is InChI=1S/C14H11F2N5/c1-9-2-3-17-13(4-9)19-14-18-8-21(20-14)12-6-10(15)5-11(16)7-12/h2-8H,1H3,(H,17,19,20). The first-order valence-corrected chi connectivity index (χ1v) is 6.18. The van der Waals surface area contributed by atoms with Crippen molar-refractivity contribution < 1.29 is 8.78 Å². The average Bonchev–Trinajstić information content (AvgIpc) is 2.86. The minimum absolute atomic E-state index is 0.255. The Morgan fingerprint density at radius 3 is 2.52 bits per heavy atom. The summed E-state index contributed by atoms with van der Waals surface area (Å²) in [5.41, 5.74) is 1.30. The van der Waals surface area contributed by atoms with Crippen molar-refractivity contribution in [3.8, 4) is 5.69 Å². The van der Waals surface area contributed by atoms with Crippen LogP contribution in [-0.2, 0) is 0 Å². The van der Waals surface area contributed by atoms with Gasteiger partial charge in [-0.15, -0.1) is 5.10 Å².